The summed E-state index contributed by atoms with van der Waals surface area (Å²) in [7, 11) is 0. The van der Waals surface area contributed by atoms with Gasteiger partial charge in [0.25, 0.3) is 0 Å². The molecule has 0 N–H and O–H groups in total. The zero-order chi connectivity index (χ0) is 55.0. The van der Waals surface area contributed by atoms with Crippen molar-refractivity contribution in [3.63, 3.8) is 0 Å². The van der Waals surface area contributed by atoms with E-state index in [1.165, 1.54) is 202 Å². The average molecular weight is 1090 g/mol. The summed E-state index contributed by atoms with van der Waals surface area (Å²) in [4.78, 5) is 5.35. The molecule has 4 saturated carbocycles. The van der Waals surface area contributed by atoms with Crippen molar-refractivity contribution in [1.82, 2.24) is 0 Å². The van der Waals surface area contributed by atoms with Crippen LogP contribution in [0.5, 0.6) is 0 Å². The van der Waals surface area contributed by atoms with Gasteiger partial charge < -0.3 is 18.6 Å². The first-order valence-electron chi connectivity index (χ1n) is 31.9. The molecule has 0 amide bonds. The Hall–Kier alpha value is -8.60. The molecular weight excluding hydrogens is 1020 g/mol. The Morgan fingerprint density at radius 2 is 0.643 bits per heavy atom. The van der Waals surface area contributed by atoms with Crippen LogP contribution in [0.2, 0.25) is 0 Å². The predicted molar refractivity (Wildman–Crippen MR) is 354 cm³/mol. The fourth-order valence-electron chi connectivity index (χ4n) is 17.1. The van der Waals surface area contributed by atoms with E-state index >= 15 is 0 Å². The van der Waals surface area contributed by atoms with Gasteiger partial charge >= 0.3 is 0 Å². The third kappa shape index (κ3) is 7.57. The van der Waals surface area contributed by atoms with Gasteiger partial charge in [0.2, 0.25) is 0 Å². The summed E-state index contributed by atoms with van der Waals surface area (Å²) in [6.45, 7) is 0. The van der Waals surface area contributed by atoms with Crippen molar-refractivity contribution in [2.45, 2.75) is 126 Å². The lowest BCUT2D eigenvalue weighted by Gasteiger charge is -2.33. The minimum Gasteiger partial charge on any atom is -0.454 e. The molecule has 18 rings (SSSR count). The maximum atomic E-state index is 7.15. The molecule has 0 saturated heterocycles. The number of hydrogen-bond donors (Lipinski definition) is 0. The molecule has 4 aliphatic carbocycles. The zero-order valence-corrected chi connectivity index (χ0v) is 47.8. The molecular formula is C80H68N2O2. The second-order valence-electron chi connectivity index (χ2n) is 25.7. The van der Waals surface area contributed by atoms with E-state index < -0.39 is 0 Å². The Morgan fingerprint density at radius 3 is 1.08 bits per heavy atom. The summed E-state index contributed by atoms with van der Waals surface area (Å²) < 4.78 is 14.3. The van der Waals surface area contributed by atoms with Gasteiger partial charge in [0, 0.05) is 43.1 Å². The van der Waals surface area contributed by atoms with E-state index in [-0.39, 0.29) is 0 Å². The smallest absolute Gasteiger partial charge is 0.159 e. The van der Waals surface area contributed by atoms with E-state index in [1.54, 1.807) is 0 Å². The molecule has 14 aromatic rings. The minimum atomic E-state index is 0.457. The van der Waals surface area contributed by atoms with Crippen molar-refractivity contribution in [3.8, 4) is 0 Å². The molecule has 2 aromatic heterocycles. The Bertz CT molecular complexity index is 4600. The quantitative estimate of drug-likeness (QED) is 0.128. The number of fused-ring (bicyclic) bond motifs is 8. The second-order valence-corrected chi connectivity index (χ2v) is 25.7. The van der Waals surface area contributed by atoms with Gasteiger partial charge in [-0.1, -0.05) is 197 Å². The molecule has 4 nitrogen and oxygen atoms in total. The third-order valence-corrected chi connectivity index (χ3v) is 21.1. The van der Waals surface area contributed by atoms with Gasteiger partial charge in [-0.25, -0.2) is 0 Å². The second kappa shape index (κ2) is 19.5. The van der Waals surface area contributed by atoms with Crippen LogP contribution in [0.15, 0.2) is 203 Å². The number of rotatable bonds is 10. The molecule has 4 aliphatic rings. The van der Waals surface area contributed by atoms with E-state index in [1.807, 2.05) is 0 Å². The molecule has 0 radical (unpaired) electrons. The van der Waals surface area contributed by atoms with Crippen LogP contribution in [-0.4, -0.2) is 0 Å². The van der Waals surface area contributed by atoms with E-state index in [2.05, 4.69) is 204 Å². The molecule has 84 heavy (non-hydrogen) atoms. The third-order valence-electron chi connectivity index (χ3n) is 21.1. The highest BCUT2D eigenvalue weighted by molar-refractivity contribution is 6.29. The van der Waals surface area contributed by atoms with Gasteiger partial charge in [-0.15, -0.1) is 0 Å². The first-order chi connectivity index (χ1) is 41.7. The lowest BCUT2D eigenvalue weighted by molar-refractivity contribution is 0.668. The summed E-state index contributed by atoms with van der Waals surface area (Å²) in [5, 5.41) is 17.4. The van der Waals surface area contributed by atoms with Crippen molar-refractivity contribution in [2.75, 3.05) is 9.80 Å². The van der Waals surface area contributed by atoms with Crippen LogP contribution in [0.25, 0.3) is 97.7 Å². The first-order valence-corrected chi connectivity index (χ1v) is 31.9. The van der Waals surface area contributed by atoms with Crippen LogP contribution < -0.4 is 9.80 Å². The Morgan fingerprint density at radius 1 is 0.274 bits per heavy atom. The van der Waals surface area contributed by atoms with Gasteiger partial charge in [-0.05, 0) is 178 Å². The first kappa shape index (κ1) is 48.9. The number of hydrogen-bond acceptors (Lipinski definition) is 4. The standard InChI is InChI=1S/C80H68N2O2/c1-2-16-49(15-1)57-33-31-53-35-41-59(51-19-5-6-20-51)77(67(53)47-57)81(71-27-13-25-63-61-23-9-11-29-73(61)83-79(63)71)69-45-39-55-38-44-66-70(46-40-56-37-43-65(69)75(55)76(56)66)82(72-28-14-26-64-62-24-10-12-30-74(62)84-80(64)72)78-60(52-21-7-8-22-52)42-36-54-32-34-58(48-68(54)78)50-17-3-4-18-50/h9-14,23-52H,1-8,15-22H2. The molecule has 410 valence electrons. The molecule has 0 unspecified atom stereocenters. The lowest BCUT2D eigenvalue weighted by Crippen LogP contribution is -2.15. The van der Waals surface area contributed by atoms with Crippen molar-refractivity contribution >= 4 is 132 Å². The van der Waals surface area contributed by atoms with Crippen molar-refractivity contribution in [3.05, 3.63) is 216 Å². The highest BCUT2D eigenvalue weighted by atomic mass is 16.3. The average Bonchev–Trinajstić information content (AvgIpc) is 1.22. The Balaban J connectivity index is 0.938. The van der Waals surface area contributed by atoms with Gasteiger partial charge in [0.15, 0.2) is 11.2 Å². The van der Waals surface area contributed by atoms with Gasteiger partial charge in [0.05, 0.1) is 34.1 Å². The maximum absolute atomic E-state index is 7.15. The van der Waals surface area contributed by atoms with Crippen molar-refractivity contribution in [2.24, 2.45) is 0 Å². The van der Waals surface area contributed by atoms with Crippen molar-refractivity contribution < 1.29 is 8.83 Å². The van der Waals surface area contributed by atoms with Crippen LogP contribution in [-0.2, 0) is 0 Å². The Labute approximate surface area is 490 Å². The normalized spacial score (nSPS) is 16.8. The van der Waals surface area contributed by atoms with Crippen LogP contribution in [0, 0.1) is 0 Å². The summed E-state index contributed by atoms with van der Waals surface area (Å²) >= 11 is 0. The molecule has 0 spiro atoms. The highest BCUT2D eigenvalue weighted by Gasteiger charge is 2.33. The summed E-state index contributed by atoms with van der Waals surface area (Å²) in [5.41, 5.74) is 16.7. The molecule has 12 aromatic carbocycles. The topological polar surface area (TPSA) is 32.8 Å². The van der Waals surface area contributed by atoms with Crippen LogP contribution >= 0.6 is 0 Å². The number of furan rings is 2. The highest BCUT2D eigenvalue weighted by Crippen LogP contribution is 2.56. The molecule has 2 heterocycles. The molecule has 4 fully saturated rings. The molecule has 0 aliphatic heterocycles. The van der Waals surface area contributed by atoms with Gasteiger partial charge in [-0.3, -0.25) is 0 Å². The minimum absolute atomic E-state index is 0.457. The monoisotopic (exact) mass is 1090 g/mol. The largest absolute Gasteiger partial charge is 0.454 e. The number of para-hydroxylation sites is 4. The number of anilines is 6. The maximum Gasteiger partial charge on any atom is 0.159 e. The predicted octanol–water partition coefficient (Wildman–Crippen LogP) is 24.3. The van der Waals surface area contributed by atoms with E-state index in [9.17, 15) is 0 Å². The summed E-state index contributed by atoms with van der Waals surface area (Å²) in [6.07, 6.45) is 20.1. The molecule has 0 bridgehead atoms. The molecule has 4 heteroatoms. The van der Waals surface area contributed by atoms with Crippen molar-refractivity contribution in [1.29, 1.82) is 0 Å². The lowest BCUT2D eigenvalue weighted by atomic mass is 9.87. The SMILES string of the molecule is c1ccc2c(c1)oc1c(N(c3c(C4CCCC4)ccc4ccc(C5CCCC5)cc34)c3ccc4ccc5c(N(c6c(C7CCCC7)ccc7ccc(C8CCCC8)cc67)c6cccc7c6oc6ccccc67)ccc6ccc3c4c65)cccc12. The number of nitrogens with zero attached hydrogens (tertiary/aromatic N) is 2. The number of benzene rings is 12. The van der Waals surface area contributed by atoms with Gasteiger partial charge in [-0.2, -0.15) is 0 Å². The van der Waals surface area contributed by atoms with Gasteiger partial charge in [0.1, 0.15) is 11.2 Å². The fourth-order valence-corrected chi connectivity index (χ4v) is 17.1. The summed E-state index contributed by atoms with van der Waals surface area (Å²) in [6, 6.07) is 75.1. The van der Waals surface area contributed by atoms with E-state index in [0.29, 0.717) is 23.7 Å². The summed E-state index contributed by atoms with van der Waals surface area (Å²) in [5.74, 6) is 2.09. The van der Waals surface area contributed by atoms with Crippen LogP contribution in [0.1, 0.15) is 149 Å². The zero-order valence-electron chi connectivity index (χ0n) is 47.8. The van der Waals surface area contributed by atoms with E-state index in [4.69, 9.17) is 8.83 Å². The fraction of sp³-hybridized carbons (Fsp3) is 0.250. The molecule has 0 atom stereocenters. The Kier molecular flexibility index (Phi) is 11.3. The van der Waals surface area contributed by atoms with Crippen LogP contribution in [0.3, 0.4) is 0 Å². The van der Waals surface area contributed by atoms with E-state index in [0.717, 1.165) is 55.3 Å². The van der Waals surface area contributed by atoms with Crippen LogP contribution in [0.4, 0.5) is 34.1 Å².